The van der Waals surface area contributed by atoms with Crippen molar-refractivity contribution >= 4 is 5.82 Å². The zero-order valence-electron chi connectivity index (χ0n) is 7.03. The molecule has 11 heavy (non-hydrogen) atoms. The quantitative estimate of drug-likeness (QED) is 0.438. The van der Waals surface area contributed by atoms with E-state index < -0.39 is 0 Å². The van der Waals surface area contributed by atoms with Gasteiger partial charge in [0.2, 0.25) is 0 Å². The molecule has 60 valence electrons. The lowest BCUT2D eigenvalue weighted by Crippen LogP contribution is -2.36. The standard InChI is InChI=1S/C8H12N2O/c1-7-5-4-6-8(9(2)3)10(7)11/h4-6H,1-3H3. The topological polar surface area (TPSA) is 30.2 Å². The van der Waals surface area contributed by atoms with Gasteiger partial charge in [0.25, 0.3) is 5.82 Å². The fourth-order valence-electron chi connectivity index (χ4n) is 0.920. The van der Waals surface area contributed by atoms with Crippen LogP contribution in [0.1, 0.15) is 5.69 Å². The average molecular weight is 152 g/mol. The second kappa shape index (κ2) is 2.78. The van der Waals surface area contributed by atoms with E-state index in [0.29, 0.717) is 5.82 Å². The lowest BCUT2D eigenvalue weighted by molar-refractivity contribution is -0.599. The normalized spacial score (nSPS) is 9.73. The first-order valence-corrected chi connectivity index (χ1v) is 3.49. The summed E-state index contributed by atoms with van der Waals surface area (Å²) in [5, 5.41) is 11.3. The summed E-state index contributed by atoms with van der Waals surface area (Å²) in [7, 11) is 3.70. The van der Waals surface area contributed by atoms with Crippen LogP contribution in [0.3, 0.4) is 0 Å². The second-order valence-corrected chi connectivity index (χ2v) is 2.71. The van der Waals surface area contributed by atoms with Gasteiger partial charge in [0, 0.05) is 6.07 Å². The van der Waals surface area contributed by atoms with Crippen LogP contribution in [-0.2, 0) is 0 Å². The van der Waals surface area contributed by atoms with Gasteiger partial charge in [-0.3, -0.25) is 4.90 Å². The molecule has 3 nitrogen and oxygen atoms in total. The van der Waals surface area contributed by atoms with Crippen molar-refractivity contribution in [2.24, 2.45) is 0 Å². The molecule has 0 aromatic carbocycles. The van der Waals surface area contributed by atoms with E-state index in [1.54, 1.807) is 24.0 Å². The molecule has 0 bridgehead atoms. The fourth-order valence-corrected chi connectivity index (χ4v) is 0.920. The van der Waals surface area contributed by atoms with E-state index in [1.807, 2.05) is 20.2 Å². The van der Waals surface area contributed by atoms with Crippen LogP contribution in [0.2, 0.25) is 0 Å². The Bertz CT molecular complexity index is 258. The predicted octanol–water partition coefficient (Wildman–Crippen LogP) is 0.694. The maximum Gasteiger partial charge on any atom is 0.279 e. The Labute approximate surface area is 66.5 Å². The summed E-state index contributed by atoms with van der Waals surface area (Å²) in [6.45, 7) is 1.79. The minimum Gasteiger partial charge on any atom is -0.710 e. The Morgan fingerprint density at radius 2 is 2.00 bits per heavy atom. The van der Waals surface area contributed by atoms with Gasteiger partial charge < -0.3 is 5.21 Å². The van der Waals surface area contributed by atoms with Crippen molar-refractivity contribution in [1.82, 2.24) is 0 Å². The Morgan fingerprint density at radius 3 is 2.45 bits per heavy atom. The number of pyridine rings is 1. The molecule has 0 atom stereocenters. The van der Waals surface area contributed by atoms with Crippen molar-refractivity contribution in [3.8, 4) is 0 Å². The summed E-state index contributed by atoms with van der Waals surface area (Å²) in [4.78, 5) is 1.79. The highest BCUT2D eigenvalue weighted by atomic mass is 16.5. The molecule has 0 spiro atoms. The third-order valence-electron chi connectivity index (χ3n) is 1.57. The Balaban J connectivity index is 3.17. The summed E-state index contributed by atoms with van der Waals surface area (Å²) >= 11 is 0. The molecule has 0 amide bonds. The van der Waals surface area contributed by atoms with Gasteiger partial charge in [-0.05, 0) is 13.0 Å². The van der Waals surface area contributed by atoms with Crippen molar-refractivity contribution in [2.45, 2.75) is 6.92 Å². The zero-order chi connectivity index (χ0) is 8.43. The van der Waals surface area contributed by atoms with E-state index >= 15 is 0 Å². The van der Waals surface area contributed by atoms with Gasteiger partial charge in [0.05, 0.1) is 14.1 Å². The number of anilines is 1. The summed E-state index contributed by atoms with van der Waals surface area (Å²) in [5.41, 5.74) is 0.719. The molecule has 1 aromatic rings. The number of hydrogen-bond donors (Lipinski definition) is 0. The molecule has 0 radical (unpaired) electrons. The van der Waals surface area contributed by atoms with Gasteiger partial charge in [0.15, 0.2) is 0 Å². The SMILES string of the molecule is Cc1cccc(N(C)C)[n+]1[O-]. The highest BCUT2D eigenvalue weighted by Crippen LogP contribution is 2.03. The summed E-state index contributed by atoms with van der Waals surface area (Å²) in [6, 6.07) is 5.46. The van der Waals surface area contributed by atoms with Gasteiger partial charge in [-0.1, -0.05) is 6.07 Å². The summed E-state index contributed by atoms with van der Waals surface area (Å²) < 4.78 is 0.917. The van der Waals surface area contributed by atoms with Crippen LogP contribution < -0.4 is 9.63 Å². The molecule has 0 fully saturated rings. The number of aryl methyl sites for hydroxylation is 1. The highest BCUT2D eigenvalue weighted by Gasteiger charge is 2.05. The van der Waals surface area contributed by atoms with Crippen LogP contribution >= 0.6 is 0 Å². The van der Waals surface area contributed by atoms with Crippen LogP contribution in [0.5, 0.6) is 0 Å². The number of rotatable bonds is 1. The van der Waals surface area contributed by atoms with Gasteiger partial charge in [0.1, 0.15) is 5.69 Å². The molecule has 0 saturated carbocycles. The number of hydrogen-bond acceptors (Lipinski definition) is 2. The van der Waals surface area contributed by atoms with Crippen molar-refractivity contribution in [3.05, 3.63) is 29.1 Å². The van der Waals surface area contributed by atoms with E-state index in [2.05, 4.69) is 0 Å². The van der Waals surface area contributed by atoms with Crippen molar-refractivity contribution in [1.29, 1.82) is 0 Å². The van der Waals surface area contributed by atoms with Crippen LogP contribution in [0.15, 0.2) is 18.2 Å². The van der Waals surface area contributed by atoms with Gasteiger partial charge in [-0.2, -0.15) is 0 Å². The van der Waals surface area contributed by atoms with Crippen molar-refractivity contribution in [3.63, 3.8) is 0 Å². The molecule has 1 heterocycles. The Morgan fingerprint density at radius 1 is 1.36 bits per heavy atom. The number of aromatic nitrogens is 1. The molecule has 3 heteroatoms. The minimum absolute atomic E-state index is 0.671. The summed E-state index contributed by atoms with van der Waals surface area (Å²) in [5.74, 6) is 0.671. The molecule has 0 unspecified atom stereocenters. The van der Waals surface area contributed by atoms with E-state index in [0.717, 1.165) is 10.4 Å². The third kappa shape index (κ3) is 1.42. The average Bonchev–Trinajstić information content (AvgIpc) is 1.94. The van der Waals surface area contributed by atoms with Crippen LogP contribution in [-0.4, -0.2) is 14.1 Å². The number of nitrogens with zero attached hydrogens (tertiary/aromatic N) is 2. The van der Waals surface area contributed by atoms with Crippen molar-refractivity contribution < 1.29 is 4.73 Å². The Kier molecular flexibility index (Phi) is 1.98. The third-order valence-corrected chi connectivity index (χ3v) is 1.57. The molecular weight excluding hydrogens is 140 g/mol. The largest absolute Gasteiger partial charge is 0.710 e. The van der Waals surface area contributed by atoms with Gasteiger partial charge in [-0.25, -0.2) is 4.73 Å². The lowest BCUT2D eigenvalue weighted by atomic mass is 10.3. The summed E-state index contributed by atoms with van der Waals surface area (Å²) in [6.07, 6.45) is 0. The molecule has 1 aromatic heterocycles. The van der Waals surface area contributed by atoms with Crippen molar-refractivity contribution in [2.75, 3.05) is 19.0 Å². The van der Waals surface area contributed by atoms with Crippen LogP contribution in [0, 0.1) is 12.1 Å². The second-order valence-electron chi connectivity index (χ2n) is 2.71. The molecule has 0 aliphatic heterocycles. The molecular formula is C8H12N2O. The van der Waals surface area contributed by atoms with E-state index in [9.17, 15) is 5.21 Å². The monoisotopic (exact) mass is 152 g/mol. The van der Waals surface area contributed by atoms with E-state index in [4.69, 9.17) is 0 Å². The first-order valence-electron chi connectivity index (χ1n) is 3.49. The molecule has 0 aliphatic carbocycles. The first-order chi connectivity index (χ1) is 5.13. The molecule has 0 aliphatic rings. The fraction of sp³-hybridized carbons (Fsp3) is 0.375. The highest BCUT2D eigenvalue weighted by molar-refractivity contribution is 5.30. The van der Waals surface area contributed by atoms with E-state index in [1.165, 1.54) is 0 Å². The van der Waals surface area contributed by atoms with Crippen LogP contribution in [0.25, 0.3) is 0 Å². The first kappa shape index (κ1) is 7.85. The lowest BCUT2D eigenvalue weighted by Gasteiger charge is -2.14. The maximum absolute atomic E-state index is 11.3. The molecule has 0 saturated heterocycles. The zero-order valence-corrected chi connectivity index (χ0v) is 7.03. The van der Waals surface area contributed by atoms with E-state index in [-0.39, 0.29) is 0 Å². The molecule has 0 N–H and O–H groups in total. The molecule has 1 rings (SSSR count). The predicted molar refractivity (Wildman–Crippen MR) is 44.5 cm³/mol. The van der Waals surface area contributed by atoms with Gasteiger partial charge in [-0.15, -0.1) is 0 Å². The van der Waals surface area contributed by atoms with Gasteiger partial charge >= 0.3 is 0 Å². The minimum atomic E-state index is 0.671. The smallest absolute Gasteiger partial charge is 0.279 e. The Hall–Kier alpha value is -1.25. The maximum atomic E-state index is 11.3. The van der Waals surface area contributed by atoms with Crippen LogP contribution in [0.4, 0.5) is 5.82 Å².